The molecule has 1 heterocycles. The lowest BCUT2D eigenvalue weighted by Crippen LogP contribution is -2.32. The number of carbonyl (C=O) groups is 1. The molecular formula is C14H23N3O2. The SMILES string of the molecule is CC(C)N(CCCC(=O)O)Cc1cncn1C1CC1. The van der Waals surface area contributed by atoms with Crippen LogP contribution in [0.1, 0.15) is 51.3 Å². The lowest BCUT2D eigenvalue weighted by Gasteiger charge is -2.26. The van der Waals surface area contributed by atoms with Gasteiger partial charge in [0.2, 0.25) is 0 Å². The molecule has 106 valence electrons. The van der Waals surface area contributed by atoms with E-state index in [9.17, 15) is 4.79 Å². The van der Waals surface area contributed by atoms with Crippen molar-refractivity contribution in [3.05, 3.63) is 18.2 Å². The van der Waals surface area contributed by atoms with E-state index in [0.29, 0.717) is 18.5 Å². The molecule has 0 atom stereocenters. The van der Waals surface area contributed by atoms with Crippen LogP contribution in [0.15, 0.2) is 12.5 Å². The number of rotatable bonds is 8. The summed E-state index contributed by atoms with van der Waals surface area (Å²) in [5.41, 5.74) is 1.24. The van der Waals surface area contributed by atoms with E-state index in [1.54, 1.807) is 0 Å². The molecule has 1 N–H and O–H groups in total. The van der Waals surface area contributed by atoms with E-state index in [-0.39, 0.29) is 6.42 Å². The number of hydrogen-bond acceptors (Lipinski definition) is 3. The van der Waals surface area contributed by atoms with Crippen LogP contribution in [0.25, 0.3) is 0 Å². The monoisotopic (exact) mass is 265 g/mol. The van der Waals surface area contributed by atoms with Crippen LogP contribution in [0.5, 0.6) is 0 Å². The number of hydrogen-bond donors (Lipinski definition) is 1. The summed E-state index contributed by atoms with van der Waals surface area (Å²) in [6, 6.07) is 1.06. The lowest BCUT2D eigenvalue weighted by atomic mass is 10.2. The molecule has 5 heteroatoms. The van der Waals surface area contributed by atoms with Crippen LogP contribution in [-0.2, 0) is 11.3 Å². The Morgan fingerprint density at radius 2 is 2.32 bits per heavy atom. The number of aromatic nitrogens is 2. The van der Waals surface area contributed by atoms with Crippen molar-refractivity contribution < 1.29 is 9.90 Å². The number of nitrogens with zero attached hydrogens (tertiary/aromatic N) is 3. The molecule has 19 heavy (non-hydrogen) atoms. The second-order valence-electron chi connectivity index (χ2n) is 5.58. The molecule has 0 bridgehead atoms. The fourth-order valence-electron chi connectivity index (χ4n) is 2.30. The topological polar surface area (TPSA) is 58.4 Å². The third kappa shape index (κ3) is 4.06. The Bertz CT molecular complexity index is 424. The van der Waals surface area contributed by atoms with Gasteiger partial charge in [0, 0.05) is 31.2 Å². The molecule has 1 aromatic heterocycles. The van der Waals surface area contributed by atoms with Crippen molar-refractivity contribution in [3.8, 4) is 0 Å². The van der Waals surface area contributed by atoms with E-state index in [4.69, 9.17) is 5.11 Å². The fourth-order valence-corrected chi connectivity index (χ4v) is 2.30. The Labute approximate surface area is 114 Å². The molecule has 0 aromatic carbocycles. The molecule has 0 radical (unpaired) electrons. The maximum atomic E-state index is 10.6. The summed E-state index contributed by atoms with van der Waals surface area (Å²) in [5, 5.41) is 8.71. The molecule has 0 saturated heterocycles. The first-order valence-corrected chi connectivity index (χ1v) is 7.04. The minimum absolute atomic E-state index is 0.241. The van der Waals surface area contributed by atoms with Crippen LogP contribution < -0.4 is 0 Å². The molecule has 0 aliphatic heterocycles. The molecule has 2 rings (SSSR count). The molecule has 0 unspecified atom stereocenters. The van der Waals surface area contributed by atoms with E-state index in [2.05, 4.69) is 28.3 Å². The number of imidazole rings is 1. The normalized spacial score (nSPS) is 15.4. The van der Waals surface area contributed by atoms with Gasteiger partial charge in [0.1, 0.15) is 0 Å². The Kier molecular flexibility index (Phi) is 4.58. The summed E-state index contributed by atoms with van der Waals surface area (Å²) in [4.78, 5) is 17.2. The summed E-state index contributed by atoms with van der Waals surface area (Å²) in [6.45, 7) is 5.98. The number of aliphatic carboxylic acids is 1. The summed E-state index contributed by atoms with van der Waals surface area (Å²) in [7, 11) is 0. The first kappa shape index (κ1) is 14.1. The summed E-state index contributed by atoms with van der Waals surface area (Å²) in [5.74, 6) is -0.716. The molecule has 0 spiro atoms. The number of carboxylic acids is 1. The first-order chi connectivity index (χ1) is 9.08. The Morgan fingerprint density at radius 3 is 2.89 bits per heavy atom. The van der Waals surface area contributed by atoms with Crippen molar-refractivity contribution in [2.24, 2.45) is 0 Å². The van der Waals surface area contributed by atoms with Gasteiger partial charge in [-0.25, -0.2) is 4.98 Å². The summed E-state index contributed by atoms with van der Waals surface area (Å²) < 4.78 is 2.27. The molecule has 1 aromatic rings. The van der Waals surface area contributed by atoms with E-state index in [0.717, 1.165) is 13.1 Å². The van der Waals surface area contributed by atoms with E-state index < -0.39 is 5.97 Å². The second kappa shape index (κ2) is 6.19. The van der Waals surface area contributed by atoms with Crippen molar-refractivity contribution in [3.63, 3.8) is 0 Å². The van der Waals surface area contributed by atoms with Gasteiger partial charge in [-0.05, 0) is 39.7 Å². The predicted molar refractivity (Wildman–Crippen MR) is 72.9 cm³/mol. The molecule has 1 aliphatic carbocycles. The smallest absolute Gasteiger partial charge is 0.303 e. The minimum Gasteiger partial charge on any atom is -0.481 e. The highest BCUT2D eigenvalue weighted by atomic mass is 16.4. The Morgan fingerprint density at radius 1 is 1.58 bits per heavy atom. The van der Waals surface area contributed by atoms with Crippen LogP contribution >= 0.6 is 0 Å². The highest BCUT2D eigenvalue weighted by Gasteiger charge is 2.26. The highest BCUT2D eigenvalue weighted by Crippen LogP contribution is 2.35. The predicted octanol–water partition coefficient (Wildman–Crippen LogP) is 2.29. The zero-order valence-electron chi connectivity index (χ0n) is 11.7. The lowest BCUT2D eigenvalue weighted by molar-refractivity contribution is -0.137. The molecule has 1 fully saturated rings. The van der Waals surface area contributed by atoms with Crippen LogP contribution in [0.2, 0.25) is 0 Å². The van der Waals surface area contributed by atoms with Crippen molar-refractivity contribution in [2.75, 3.05) is 6.54 Å². The quantitative estimate of drug-likeness (QED) is 0.783. The van der Waals surface area contributed by atoms with Crippen LogP contribution in [0, 0.1) is 0 Å². The van der Waals surface area contributed by atoms with E-state index >= 15 is 0 Å². The highest BCUT2D eigenvalue weighted by molar-refractivity contribution is 5.66. The van der Waals surface area contributed by atoms with Gasteiger partial charge in [0.25, 0.3) is 0 Å². The van der Waals surface area contributed by atoms with Gasteiger partial charge in [0.15, 0.2) is 0 Å². The average molecular weight is 265 g/mol. The van der Waals surface area contributed by atoms with Gasteiger partial charge in [-0.2, -0.15) is 0 Å². The van der Waals surface area contributed by atoms with E-state index in [1.807, 2.05) is 12.5 Å². The fraction of sp³-hybridized carbons (Fsp3) is 0.714. The molecule has 1 aliphatic rings. The van der Waals surface area contributed by atoms with E-state index in [1.165, 1.54) is 18.5 Å². The standard InChI is InChI=1S/C14H23N3O2/c1-11(2)16(7-3-4-14(18)19)9-13-8-15-10-17(13)12-5-6-12/h8,10-12H,3-7,9H2,1-2H3,(H,18,19). The maximum absolute atomic E-state index is 10.6. The van der Waals surface area contributed by atoms with Crippen LogP contribution in [0.3, 0.4) is 0 Å². The minimum atomic E-state index is -0.716. The third-order valence-corrected chi connectivity index (χ3v) is 3.62. The van der Waals surface area contributed by atoms with Crippen LogP contribution in [-0.4, -0.2) is 38.1 Å². The Hall–Kier alpha value is -1.36. The second-order valence-corrected chi connectivity index (χ2v) is 5.58. The van der Waals surface area contributed by atoms with Crippen molar-refractivity contribution >= 4 is 5.97 Å². The van der Waals surface area contributed by atoms with Crippen LogP contribution in [0.4, 0.5) is 0 Å². The largest absolute Gasteiger partial charge is 0.481 e. The Balaban J connectivity index is 1.91. The van der Waals surface area contributed by atoms with Crippen molar-refractivity contribution in [1.82, 2.24) is 14.5 Å². The average Bonchev–Trinajstić information content (AvgIpc) is 3.08. The summed E-state index contributed by atoms with van der Waals surface area (Å²) >= 11 is 0. The zero-order chi connectivity index (χ0) is 13.8. The number of carboxylic acid groups (broad SMARTS) is 1. The third-order valence-electron chi connectivity index (χ3n) is 3.62. The van der Waals surface area contributed by atoms with Gasteiger partial charge in [0.05, 0.1) is 12.0 Å². The van der Waals surface area contributed by atoms with Crippen molar-refractivity contribution in [2.45, 2.75) is 58.2 Å². The zero-order valence-corrected chi connectivity index (χ0v) is 11.7. The molecular weight excluding hydrogens is 242 g/mol. The maximum Gasteiger partial charge on any atom is 0.303 e. The van der Waals surface area contributed by atoms with Crippen molar-refractivity contribution in [1.29, 1.82) is 0 Å². The van der Waals surface area contributed by atoms with Gasteiger partial charge in [-0.1, -0.05) is 0 Å². The molecule has 1 saturated carbocycles. The molecule has 5 nitrogen and oxygen atoms in total. The molecule has 0 amide bonds. The first-order valence-electron chi connectivity index (χ1n) is 7.04. The van der Waals surface area contributed by atoms with Gasteiger partial charge >= 0.3 is 5.97 Å². The van der Waals surface area contributed by atoms with Gasteiger partial charge in [-0.15, -0.1) is 0 Å². The van der Waals surface area contributed by atoms with Gasteiger partial charge < -0.3 is 9.67 Å². The summed E-state index contributed by atoms with van der Waals surface area (Å²) in [6.07, 6.45) is 7.30. The van der Waals surface area contributed by atoms with Gasteiger partial charge in [-0.3, -0.25) is 9.69 Å².